The molecular weight excluding hydrogens is 453 g/mol. The summed E-state index contributed by atoms with van der Waals surface area (Å²) in [6.45, 7) is 1.94. The highest BCUT2D eigenvalue weighted by atomic mass is 32.2. The molecule has 9 heteroatoms. The number of amides is 2. The summed E-state index contributed by atoms with van der Waals surface area (Å²) in [5, 5.41) is 14.6. The number of hydrogen-bond acceptors (Lipinski definition) is 5. The van der Waals surface area contributed by atoms with Gasteiger partial charge in [0.25, 0.3) is 5.91 Å². The van der Waals surface area contributed by atoms with Gasteiger partial charge in [-0.2, -0.15) is 0 Å². The van der Waals surface area contributed by atoms with Crippen molar-refractivity contribution in [1.29, 1.82) is 0 Å². The molecule has 0 saturated carbocycles. The highest BCUT2D eigenvalue weighted by Crippen LogP contribution is 2.25. The smallest absolute Gasteiger partial charge is 0.258 e. The van der Waals surface area contributed by atoms with Gasteiger partial charge in [-0.1, -0.05) is 54.2 Å². The van der Waals surface area contributed by atoms with Gasteiger partial charge in [-0.3, -0.25) is 9.59 Å². The van der Waals surface area contributed by atoms with Gasteiger partial charge in [-0.25, -0.2) is 4.39 Å². The molecule has 0 spiro atoms. The van der Waals surface area contributed by atoms with E-state index in [9.17, 15) is 14.0 Å². The number of carbonyl (C=O) groups is 2. The summed E-state index contributed by atoms with van der Waals surface area (Å²) in [5.74, 6) is -0.508. The van der Waals surface area contributed by atoms with E-state index in [1.54, 1.807) is 28.8 Å². The zero-order valence-electron chi connectivity index (χ0n) is 18.6. The molecule has 0 radical (unpaired) electrons. The number of thioether (sulfide) groups is 1. The Morgan fingerprint density at radius 1 is 0.971 bits per heavy atom. The Balaban J connectivity index is 1.43. The first kappa shape index (κ1) is 23.2. The van der Waals surface area contributed by atoms with Gasteiger partial charge >= 0.3 is 0 Å². The Morgan fingerprint density at radius 3 is 2.53 bits per heavy atom. The van der Waals surface area contributed by atoms with Gasteiger partial charge in [0.05, 0.1) is 11.3 Å². The Bertz CT molecular complexity index is 1350. The average Bonchev–Trinajstić information content (AvgIpc) is 3.20. The van der Waals surface area contributed by atoms with Crippen LogP contribution in [-0.4, -0.2) is 32.3 Å². The van der Waals surface area contributed by atoms with Crippen molar-refractivity contribution in [3.05, 3.63) is 89.7 Å². The van der Waals surface area contributed by atoms with Crippen molar-refractivity contribution < 1.29 is 14.0 Å². The molecule has 4 rings (SSSR count). The Hall–Kier alpha value is -3.98. The average molecular weight is 476 g/mol. The summed E-state index contributed by atoms with van der Waals surface area (Å²) in [5.41, 5.74) is 2.96. The molecule has 0 aliphatic rings. The highest BCUT2D eigenvalue weighted by Gasteiger charge is 2.15. The molecule has 172 valence electrons. The number of benzene rings is 3. The van der Waals surface area contributed by atoms with Gasteiger partial charge < -0.3 is 15.2 Å². The summed E-state index contributed by atoms with van der Waals surface area (Å²) in [6.07, 6.45) is 0. The summed E-state index contributed by atoms with van der Waals surface area (Å²) in [7, 11) is 1.81. The van der Waals surface area contributed by atoms with Crippen LogP contribution < -0.4 is 10.6 Å². The molecule has 4 aromatic rings. The van der Waals surface area contributed by atoms with Gasteiger partial charge in [0.2, 0.25) is 5.91 Å². The number of carbonyl (C=O) groups excluding carboxylic acids is 2. The molecule has 0 aliphatic heterocycles. The lowest BCUT2D eigenvalue weighted by molar-refractivity contribution is -0.113. The topological polar surface area (TPSA) is 88.9 Å². The molecule has 3 aromatic carbocycles. The number of rotatable bonds is 7. The van der Waals surface area contributed by atoms with E-state index in [0.717, 1.165) is 16.8 Å². The molecule has 2 N–H and O–H groups in total. The van der Waals surface area contributed by atoms with E-state index in [0.29, 0.717) is 16.7 Å². The van der Waals surface area contributed by atoms with Gasteiger partial charge in [0.15, 0.2) is 11.0 Å². The zero-order chi connectivity index (χ0) is 24.1. The number of anilines is 2. The highest BCUT2D eigenvalue weighted by molar-refractivity contribution is 7.99. The molecule has 0 aliphatic carbocycles. The maximum Gasteiger partial charge on any atom is 0.258 e. The second-order valence-electron chi connectivity index (χ2n) is 7.53. The lowest BCUT2D eigenvalue weighted by atomic mass is 10.1. The van der Waals surface area contributed by atoms with E-state index in [4.69, 9.17) is 0 Å². The quantitative estimate of drug-likeness (QED) is 0.371. The fourth-order valence-corrected chi connectivity index (χ4v) is 4.01. The molecule has 0 saturated heterocycles. The van der Waals surface area contributed by atoms with Crippen molar-refractivity contribution in [2.75, 3.05) is 16.4 Å². The summed E-state index contributed by atoms with van der Waals surface area (Å²) in [6, 6.07) is 20.4. The zero-order valence-corrected chi connectivity index (χ0v) is 19.4. The maximum atomic E-state index is 13.9. The number of nitrogens with zero attached hydrogens (tertiary/aromatic N) is 3. The van der Waals surface area contributed by atoms with Crippen molar-refractivity contribution >= 4 is 35.0 Å². The lowest BCUT2D eigenvalue weighted by Gasteiger charge is -2.09. The van der Waals surface area contributed by atoms with E-state index in [1.807, 2.05) is 44.3 Å². The third kappa shape index (κ3) is 5.32. The first-order valence-electron chi connectivity index (χ1n) is 10.5. The Labute approximate surface area is 200 Å². The van der Waals surface area contributed by atoms with Crippen molar-refractivity contribution in [2.24, 2.45) is 7.05 Å². The fourth-order valence-electron chi connectivity index (χ4n) is 3.30. The number of aryl methyl sites for hydroxylation is 1. The minimum Gasteiger partial charge on any atom is -0.325 e. The predicted molar refractivity (Wildman–Crippen MR) is 131 cm³/mol. The molecule has 7 nitrogen and oxygen atoms in total. The number of aromatic nitrogens is 3. The molecule has 0 fully saturated rings. The summed E-state index contributed by atoms with van der Waals surface area (Å²) >= 11 is 1.28. The van der Waals surface area contributed by atoms with Crippen LogP contribution in [0.2, 0.25) is 0 Å². The number of para-hydroxylation sites is 1. The van der Waals surface area contributed by atoms with Crippen LogP contribution >= 0.6 is 11.8 Å². The predicted octanol–water partition coefficient (Wildman–Crippen LogP) is 4.91. The first-order chi connectivity index (χ1) is 16.4. The van der Waals surface area contributed by atoms with E-state index >= 15 is 0 Å². The number of halogens is 1. The molecular formula is C25H22FN5O2S. The normalized spacial score (nSPS) is 10.7. The third-order valence-electron chi connectivity index (χ3n) is 5.08. The first-order valence-corrected chi connectivity index (χ1v) is 11.4. The van der Waals surface area contributed by atoms with E-state index in [2.05, 4.69) is 20.8 Å². The van der Waals surface area contributed by atoms with Crippen LogP contribution in [0.15, 0.2) is 78.0 Å². The molecule has 0 atom stereocenters. The second kappa shape index (κ2) is 10.3. The van der Waals surface area contributed by atoms with Crippen LogP contribution in [0.3, 0.4) is 0 Å². The molecule has 0 bridgehead atoms. The molecule has 0 unspecified atom stereocenters. The van der Waals surface area contributed by atoms with Gasteiger partial charge in [0, 0.05) is 24.0 Å². The van der Waals surface area contributed by atoms with Crippen LogP contribution in [0.25, 0.3) is 11.4 Å². The largest absolute Gasteiger partial charge is 0.325 e. The van der Waals surface area contributed by atoms with Crippen molar-refractivity contribution in [3.63, 3.8) is 0 Å². The second-order valence-corrected chi connectivity index (χ2v) is 8.47. The van der Waals surface area contributed by atoms with Gasteiger partial charge in [-0.15, -0.1) is 10.2 Å². The molecule has 34 heavy (non-hydrogen) atoms. The maximum absolute atomic E-state index is 13.9. The molecule has 1 heterocycles. The molecule has 2 amide bonds. The van der Waals surface area contributed by atoms with Crippen molar-refractivity contribution in [1.82, 2.24) is 14.8 Å². The minimum atomic E-state index is -0.586. The Kier molecular flexibility index (Phi) is 7.03. The Morgan fingerprint density at radius 2 is 1.74 bits per heavy atom. The van der Waals surface area contributed by atoms with E-state index in [1.165, 1.54) is 30.0 Å². The van der Waals surface area contributed by atoms with Gasteiger partial charge in [0.1, 0.15) is 5.82 Å². The van der Waals surface area contributed by atoms with E-state index in [-0.39, 0.29) is 17.2 Å². The summed E-state index contributed by atoms with van der Waals surface area (Å²) < 4.78 is 15.7. The van der Waals surface area contributed by atoms with Crippen molar-refractivity contribution in [2.45, 2.75) is 12.1 Å². The molecule has 1 aromatic heterocycles. The van der Waals surface area contributed by atoms with Crippen LogP contribution in [-0.2, 0) is 11.8 Å². The fraction of sp³-hybridized carbons (Fsp3) is 0.120. The van der Waals surface area contributed by atoms with Crippen LogP contribution in [0.1, 0.15) is 15.9 Å². The van der Waals surface area contributed by atoms with Crippen molar-refractivity contribution in [3.8, 4) is 11.4 Å². The van der Waals surface area contributed by atoms with Crippen LogP contribution in [0.4, 0.5) is 15.8 Å². The SMILES string of the molecule is Cc1ccccc1NC(=O)CSc1nnc(-c2cccc(NC(=O)c3ccccc3F)c2)n1C. The summed E-state index contributed by atoms with van der Waals surface area (Å²) in [4.78, 5) is 24.8. The van der Waals surface area contributed by atoms with Gasteiger partial charge in [-0.05, 0) is 42.8 Å². The number of nitrogens with one attached hydrogen (secondary N) is 2. The third-order valence-corrected chi connectivity index (χ3v) is 6.10. The lowest BCUT2D eigenvalue weighted by Crippen LogP contribution is -2.15. The minimum absolute atomic E-state index is 0.0331. The standard InChI is InChI=1S/C25H22FN5O2S/c1-16-8-3-6-13-21(16)28-22(32)15-34-25-30-29-23(31(25)2)17-9-7-10-18(14-17)27-24(33)19-11-4-5-12-20(19)26/h3-14H,15H2,1-2H3,(H,27,33)(H,28,32). The monoisotopic (exact) mass is 475 g/mol. The number of hydrogen-bond donors (Lipinski definition) is 2. The van der Waals surface area contributed by atoms with E-state index < -0.39 is 11.7 Å². The van der Waals surface area contributed by atoms with Crippen LogP contribution in [0.5, 0.6) is 0 Å². The van der Waals surface area contributed by atoms with Crippen LogP contribution in [0, 0.1) is 12.7 Å².